The number of aliphatic hydroxyl groups excluding tert-OH is 2. The summed E-state index contributed by atoms with van der Waals surface area (Å²) >= 11 is 6.27. The summed E-state index contributed by atoms with van der Waals surface area (Å²) in [4.78, 5) is 61.0. The summed E-state index contributed by atoms with van der Waals surface area (Å²) < 4.78 is 125. The molecule has 4 heterocycles. The second kappa shape index (κ2) is 33.9. The first-order valence-corrected chi connectivity index (χ1v) is 29.2. The molecular formula is C47H63ClF3N9O20P2. The highest BCUT2D eigenvalue weighted by Crippen LogP contribution is 2.55. The van der Waals surface area contributed by atoms with E-state index >= 15 is 0 Å². The zero-order valence-corrected chi connectivity index (χ0v) is 46.4. The van der Waals surface area contributed by atoms with Crippen molar-refractivity contribution < 1.29 is 109 Å². The second-order valence-electron chi connectivity index (χ2n) is 17.5. The van der Waals surface area contributed by atoms with Gasteiger partial charge in [0.05, 0.1) is 149 Å². The summed E-state index contributed by atoms with van der Waals surface area (Å²) in [5, 5.41) is 39.9. The zero-order chi connectivity index (χ0) is 58.9. The molecule has 82 heavy (non-hydrogen) atoms. The lowest BCUT2D eigenvalue weighted by Crippen LogP contribution is -2.33. The predicted molar refractivity (Wildman–Crippen MR) is 278 cm³/mol. The SMILES string of the molecule is O=C(CCOCCOCCOCCOCc1cn(CCOCCOCCOCCOCCC(=O)Oc2c(F)cc(F)cc2F)nn1)Nc1ccccc1CNc1nc(Cl)nc2c1cnn2[C@@H]1O[C@H](COP(=O)(O)CP(=O)(O)O)[C@@H](O)[C@H]1O. The van der Waals surface area contributed by atoms with Crippen molar-refractivity contribution in [2.45, 2.75) is 57.1 Å². The van der Waals surface area contributed by atoms with Gasteiger partial charge in [0, 0.05) is 24.4 Å². The van der Waals surface area contributed by atoms with Crippen molar-refractivity contribution in [1.29, 1.82) is 0 Å². The highest BCUT2D eigenvalue weighted by Gasteiger charge is 2.46. The first kappa shape index (κ1) is 66.0. The number of carbonyl (C=O) groups is 2. The Morgan fingerprint density at radius 3 is 1.98 bits per heavy atom. The number of fused-ring (bicyclic) bond motifs is 1. The quantitative estimate of drug-likeness (QED) is 0.00974. The second-order valence-corrected chi connectivity index (χ2v) is 21.8. The van der Waals surface area contributed by atoms with Crippen LogP contribution in [0.15, 0.2) is 48.8 Å². The molecule has 5 aromatic rings. The maximum Gasteiger partial charge on any atom is 0.340 e. The molecule has 35 heteroatoms. The molecule has 1 saturated heterocycles. The lowest BCUT2D eigenvalue weighted by Gasteiger charge is -2.18. The molecule has 1 aliphatic rings. The van der Waals surface area contributed by atoms with Crippen LogP contribution in [-0.2, 0) is 85.6 Å². The first-order valence-electron chi connectivity index (χ1n) is 25.3. The highest BCUT2D eigenvalue weighted by molar-refractivity contribution is 7.70. The Morgan fingerprint density at radius 1 is 0.756 bits per heavy atom. The molecule has 1 fully saturated rings. The van der Waals surface area contributed by atoms with Crippen molar-refractivity contribution in [2.24, 2.45) is 0 Å². The number of hydrogen-bond acceptors (Lipinski definition) is 23. The van der Waals surface area contributed by atoms with Crippen LogP contribution in [0.3, 0.4) is 0 Å². The molecule has 1 amide bonds. The summed E-state index contributed by atoms with van der Waals surface area (Å²) in [6.45, 7) is 4.12. The van der Waals surface area contributed by atoms with Gasteiger partial charge in [-0.25, -0.2) is 22.5 Å². The van der Waals surface area contributed by atoms with Crippen LogP contribution in [0, 0.1) is 17.5 Å². The summed E-state index contributed by atoms with van der Waals surface area (Å²) in [5.74, 6) is -7.20. The summed E-state index contributed by atoms with van der Waals surface area (Å²) in [7, 11) is -9.69. The Labute approximate surface area is 471 Å². The Hall–Kier alpha value is -5.19. The normalized spacial score (nSPS) is 17.1. The molecule has 0 saturated carbocycles. The van der Waals surface area contributed by atoms with Gasteiger partial charge in [-0.15, -0.1) is 5.10 Å². The van der Waals surface area contributed by atoms with Gasteiger partial charge < -0.3 is 87.4 Å². The van der Waals surface area contributed by atoms with Crippen LogP contribution in [-0.4, -0.2) is 201 Å². The zero-order valence-electron chi connectivity index (χ0n) is 43.9. The Morgan fingerprint density at radius 2 is 1.34 bits per heavy atom. The smallest absolute Gasteiger partial charge is 0.340 e. The maximum absolute atomic E-state index is 13.6. The molecule has 454 valence electrons. The van der Waals surface area contributed by atoms with Crippen LogP contribution < -0.4 is 15.4 Å². The van der Waals surface area contributed by atoms with Crippen LogP contribution in [0.2, 0.25) is 5.28 Å². The lowest BCUT2D eigenvalue weighted by atomic mass is 10.1. The molecule has 1 aliphatic heterocycles. The maximum atomic E-state index is 13.6. The van der Waals surface area contributed by atoms with Crippen LogP contribution in [0.5, 0.6) is 5.75 Å². The fourth-order valence-electron chi connectivity index (χ4n) is 7.32. The van der Waals surface area contributed by atoms with E-state index in [4.69, 9.17) is 68.5 Å². The predicted octanol–water partition coefficient (Wildman–Crippen LogP) is 2.71. The van der Waals surface area contributed by atoms with E-state index in [2.05, 4.69) is 40.7 Å². The van der Waals surface area contributed by atoms with Crippen LogP contribution in [0.4, 0.5) is 24.7 Å². The number of esters is 1. The van der Waals surface area contributed by atoms with Gasteiger partial charge in [-0.3, -0.25) is 18.7 Å². The van der Waals surface area contributed by atoms with Crippen molar-refractivity contribution in [3.8, 4) is 5.75 Å². The van der Waals surface area contributed by atoms with Gasteiger partial charge in [-0.2, -0.15) is 15.1 Å². The number of nitrogens with zero attached hydrogens (tertiary/aromatic N) is 7. The van der Waals surface area contributed by atoms with Crippen molar-refractivity contribution in [1.82, 2.24) is 34.7 Å². The third kappa shape index (κ3) is 22.8. The van der Waals surface area contributed by atoms with Gasteiger partial charge in [0.2, 0.25) is 16.9 Å². The number of ether oxygens (including phenoxy) is 10. The minimum absolute atomic E-state index is 0.0635. The van der Waals surface area contributed by atoms with Crippen molar-refractivity contribution in [3.05, 3.63) is 82.8 Å². The molecule has 0 bridgehead atoms. The van der Waals surface area contributed by atoms with Crippen molar-refractivity contribution >= 4 is 61.2 Å². The van der Waals surface area contributed by atoms with E-state index in [0.29, 0.717) is 100 Å². The number of anilines is 2. The highest BCUT2D eigenvalue weighted by atomic mass is 35.5. The third-order valence-electron chi connectivity index (χ3n) is 11.2. The lowest BCUT2D eigenvalue weighted by molar-refractivity contribution is -0.136. The average molecular weight is 1230 g/mol. The molecule has 5 atom stereocenters. The van der Waals surface area contributed by atoms with E-state index < -0.39 is 81.4 Å². The van der Waals surface area contributed by atoms with Gasteiger partial charge >= 0.3 is 21.2 Å². The van der Waals surface area contributed by atoms with Gasteiger partial charge in [0.1, 0.15) is 35.6 Å². The number of benzene rings is 2. The number of aromatic nitrogens is 7. The number of hydrogen-bond donors (Lipinski definition) is 7. The topological polar surface area (TPSA) is 369 Å². The first-order chi connectivity index (χ1) is 39.4. The van der Waals surface area contributed by atoms with E-state index in [0.717, 1.165) is 4.68 Å². The van der Waals surface area contributed by atoms with E-state index in [1.807, 2.05) is 0 Å². The Balaban J connectivity index is 0.731. The fraction of sp³-hybridized carbons (Fsp3) is 0.553. The molecule has 0 spiro atoms. The average Bonchev–Trinajstić information content (AvgIpc) is 3.83. The number of halogens is 4. The van der Waals surface area contributed by atoms with Crippen LogP contribution in [0.25, 0.3) is 11.0 Å². The monoisotopic (exact) mass is 1230 g/mol. The molecule has 3 aromatic heterocycles. The molecule has 6 rings (SSSR count). The van der Waals surface area contributed by atoms with E-state index in [-0.39, 0.29) is 88.3 Å². The number of para-hydroxylation sites is 1. The summed E-state index contributed by atoms with van der Waals surface area (Å²) in [5.41, 5.74) is 1.92. The van der Waals surface area contributed by atoms with Crippen LogP contribution >= 0.6 is 26.8 Å². The molecule has 0 radical (unpaired) electrons. The molecule has 1 unspecified atom stereocenters. The number of carbonyl (C=O) groups excluding carboxylic acids is 2. The minimum Gasteiger partial charge on any atom is -0.420 e. The van der Waals surface area contributed by atoms with Gasteiger partial charge in [-0.05, 0) is 23.2 Å². The molecular weight excluding hydrogens is 1160 g/mol. The van der Waals surface area contributed by atoms with Gasteiger partial charge in [0.15, 0.2) is 29.4 Å². The largest absolute Gasteiger partial charge is 0.420 e. The number of rotatable bonds is 40. The minimum atomic E-state index is -4.91. The molecule has 29 nitrogen and oxygen atoms in total. The van der Waals surface area contributed by atoms with Crippen molar-refractivity contribution in [3.63, 3.8) is 0 Å². The van der Waals surface area contributed by atoms with E-state index in [1.165, 1.54) is 6.20 Å². The number of aliphatic hydroxyl groups is 2. The Bertz CT molecular complexity index is 2880. The van der Waals surface area contributed by atoms with E-state index in [1.54, 1.807) is 35.1 Å². The summed E-state index contributed by atoms with van der Waals surface area (Å²) in [6, 6.07) is 7.86. The number of nitrogens with one attached hydrogen (secondary N) is 2. The fourth-order valence-corrected chi connectivity index (χ4v) is 10.1. The van der Waals surface area contributed by atoms with Crippen molar-refractivity contribution in [2.75, 3.05) is 122 Å². The molecule has 0 aliphatic carbocycles. The van der Waals surface area contributed by atoms with Gasteiger partial charge in [0.25, 0.3) is 0 Å². The van der Waals surface area contributed by atoms with E-state index in [9.17, 15) is 47.0 Å². The third-order valence-corrected chi connectivity index (χ3v) is 14.8. The molecule has 7 N–H and O–H groups in total. The summed E-state index contributed by atoms with van der Waals surface area (Å²) in [6.07, 6.45) is -3.18. The Kier molecular flexibility index (Phi) is 27.3. The molecule has 2 aromatic carbocycles. The standard InChI is InChI=1S/C47H63ClF3N9O20P2/c48-47-55-44(34-26-53-60(45(34)56-47)46-42(64)41(63)38(79-46)29-78-82(68,69)30-81(65,66)67)52-25-31-3-1-2-4-37(31)54-39(61)5-8-70-11-14-73-19-20-76-21-22-77-28-33-27-59(58-57-33)7-10-72-13-16-75-18-17-74-15-12-71-9-6-40(62)80-43-35(50)23-32(49)24-36(43)51/h1-4,23-24,26-27,38,41-42,46,63-64H,5-22,25,28-30H2,(H,54,61)(H,68,69)(H,52,55,56)(H2,65,66,67)/t38-,41-,42-,46-/m1/s1. The van der Waals surface area contributed by atoms with Crippen LogP contribution in [0.1, 0.15) is 30.3 Å². The number of amides is 1. The van der Waals surface area contributed by atoms with Gasteiger partial charge in [-0.1, -0.05) is 23.4 Å².